The van der Waals surface area contributed by atoms with Crippen LogP contribution >= 0.6 is 0 Å². The van der Waals surface area contributed by atoms with Gasteiger partial charge in [0.05, 0.1) is 21.7 Å². The predicted octanol–water partition coefficient (Wildman–Crippen LogP) is 5.62. The van der Waals surface area contributed by atoms with E-state index in [0.717, 1.165) is 12.5 Å². The van der Waals surface area contributed by atoms with E-state index in [9.17, 15) is 26.4 Å². The van der Waals surface area contributed by atoms with Crippen molar-refractivity contribution in [3.8, 4) is 0 Å². The van der Waals surface area contributed by atoms with Gasteiger partial charge in [-0.25, -0.2) is 8.42 Å². The summed E-state index contributed by atoms with van der Waals surface area (Å²) in [6.45, 7) is 4.68. The molecule has 2 aliphatic rings. The summed E-state index contributed by atoms with van der Waals surface area (Å²) in [4.78, 5) is 22.1. The minimum Gasteiger partial charge on any atom is -0.373 e. The van der Waals surface area contributed by atoms with Crippen molar-refractivity contribution in [3.05, 3.63) is 66.4 Å². The molecule has 0 bridgehead atoms. The number of aromatic nitrogens is 1. The van der Waals surface area contributed by atoms with Gasteiger partial charge in [0.2, 0.25) is 5.91 Å². The maximum Gasteiger partial charge on any atom is 0.418 e. The molecule has 1 saturated carbocycles. The SMILES string of the molecule is CC(C)N(C)[C@@H]1CC[C@H](N2CC[C@H](Nc3ccnc4c(C(F)(F)F)cccc34)C2=O)[C@@H](CS(=O)(=O)c2ccccc2)C1. The molecule has 2 fully saturated rings. The highest BCUT2D eigenvalue weighted by atomic mass is 32.2. The van der Waals surface area contributed by atoms with E-state index in [1.165, 1.54) is 12.3 Å². The quantitative estimate of drug-likeness (QED) is 0.361. The number of anilines is 1. The van der Waals surface area contributed by atoms with E-state index >= 15 is 0 Å². The van der Waals surface area contributed by atoms with Crippen LogP contribution in [0.3, 0.4) is 0 Å². The van der Waals surface area contributed by atoms with E-state index < -0.39 is 27.6 Å². The Morgan fingerprint density at radius 3 is 2.48 bits per heavy atom. The topological polar surface area (TPSA) is 82.6 Å². The first-order valence-corrected chi connectivity index (χ1v) is 16.0. The first kappa shape index (κ1) is 30.3. The molecule has 11 heteroatoms. The van der Waals surface area contributed by atoms with Crippen LogP contribution in [0.1, 0.15) is 45.1 Å². The molecule has 1 N–H and O–H groups in total. The lowest BCUT2D eigenvalue weighted by Gasteiger charge is -2.44. The zero-order valence-corrected chi connectivity index (χ0v) is 24.8. The maximum absolute atomic E-state index is 13.8. The van der Waals surface area contributed by atoms with E-state index in [1.54, 1.807) is 47.4 Å². The smallest absolute Gasteiger partial charge is 0.373 e. The summed E-state index contributed by atoms with van der Waals surface area (Å²) < 4.78 is 67.7. The summed E-state index contributed by atoms with van der Waals surface area (Å²) in [6, 6.07) is 13.5. The molecule has 0 spiro atoms. The third-order valence-corrected chi connectivity index (χ3v) is 10.7. The fourth-order valence-corrected chi connectivity index (χ4v) is 8.18. The van der Waals surface area contributed by atoms with E-state index in [4.69, 9.17) is 0 Å². The highest BCUT2D eigenvalue weighted by Crippen LogP contribution is 2.38. The van der Waals surface area contributed by atoms with Crippen molar-refractivity contribution in [1.82, 2.24) is 14.8 Å². The number of rotatable bonds is 8. The Labute approximate surface area is 245 Å². The van der Waals surface area contributed by atoms with Crippen LogP contribution in [0.5, 0.6) is 0 Å². The van der Waals surface area contributed by atoms with Gasteiger partial charge in [0, 0.05) is 41.9 Å². The van der Waals surface area contributed by atoms with Crippen LogP contribution in [0, 0.1) is 5.92 Å². The Kier molecular flexibility index (Phi) is 8.53. The second kappa shape index (κ2) is 11.8. The summed E-state index contributed by atoms with van der Waals surface area (Å²) >= 11 is 0. The molecule has 0 radical (unpaired) electrons. The van der Waals surface area contributed by atoms with Crippen molar-refractivity contribution in [2.45, 2.75) is 74.8 Å². The molecule has 3 aromatic rings. The normalized spacial score (nSPS) is 23.7. The third kappa shape index (κ3) is 6.13. The number of likely N-dealkylation sites (tertiary alicyclic amines) is 1. The molecule has 1 aliphatic carbocycles. The highest BCUT2D eigenvalue weighted by Gasteiger charge is 2.44. The van der Waals surface area contributed by atoms with Gasteiger partial charge >= 0.3 is 6.18 Å². The minimum absolute atomic E-state index is 0.0544. The number of nitrogens with zero attached hydrogens (tertiary/aromatic N) is 3. The molecule has 0 unspecified atom stereocenters. The molecule has 1 aliphatic heterocycles. The second-order valence-electron chi connectivity index (χ2n) is 11.7. The van der Waals surface area contributed by atoms with Crippen LogP contribution in [-0.2, 0) is 20.8 Å². The number of fused-ring (bicyclic) bond motifs is 1. The van der Waals surface area contributed by atoms with Gasteiger partial charge in [-0.3, -0.25) is 9.78 Å². The number of pyridine rings is 1. The number of para-hydroxylation sites is 1. The summed E-state index contributed by atoms with van der Waals surface area (Å²) in [5, 5.41) is 3.48. The highest BCUT2D eigenvalue weighted by molar-refractivity contribution is 7.91. The summed E-state index contributed by atoms with van der Waals surface area (Å²) in [5.74, 6) is -0.468. The largest absolute Gasteiger partial charge is 0.418 e. The Bertz CT molecular complexity index is 1530. The van der Waals surface area contributed by atoms with Gasteiger partial charge in [0.15, 0.2) is 9.84 Å². The van der Waals surface area contributed by atoms with Gasteiger partial charge in [-0.05, 0) is 76.8 Å². The standard InChI is InChI=1S/C31H37F3N4O3S/c1-20(2)37(3)22-12-13-28(21(18-22)19-42(40,41)23-8-5-4-6-9-23)38-17-15-27(30(38)39)36-26-14-16-35-29-24(26)10-7-11-25(29)31(32,33)34/h4-11,14,16,20-22,27-28H,12-13,15,17-19H2,1-3H3,(H,35,36)/t21-,22-,27+,28+/m1/s1. The molecule has 7 nitrogen and oxygen atoms in total. The Morgan fingerprint density at radius 1 is 1.05 bits per heavy atom. The van der Waals surface area contributed by atoms with Crippen LogP contribution in [0.2, 0.25) is 0 Å². The Hall–Kier alpha value is -3.18. The summed E-state index contributed by atoms with van der Waals surface area (Å²) in [5.41, 5.74) is -0.582. The van der Waals surface area contributed by atoms with E-state index in [-0.39, 0.29) is 40.1 Å². The molecule has 1 saturated heterocycles. The van der Waals surface area contributed by atoms with Gasteiger partial charge in [-0.2, -0.15) is 13.2 Å². The molecule has 2 aromatic carbocycles. The van der Waals surface area contributed by atoms with Crippen LogP contribution in [0.4, 0.5) is 18.9 Å². The number of nitrogens with one attached hydrogen (secondary N) is 1. The molecule has 2 heterocycles. The molecule has 42 heavy (non-hydrogen) atoms. The van der Waals surface area contributed by atoms with Crippen LogP contribution in [-0.4, -0.2) is 72.6 Å². The van der Waals surface area contributed by atoms with Crippen molar-refractivity contribution in [1.29, 1.82) is 0 Å². The molecule has 1 aromatic heterocycles. The molecule has 4 atom stereocenters. The molecule has 1 amide bonds. The van der Waals surface area contributed by atoms with Crippen LogP contribution in [0.15, 0.2) is 65.7 Å². The second-order valence-corrected chi connectivity index (χ2v) is 13.8. The zero-order chi connectivity index (χ0) is 30.2. The summed E-state index contributed by atoms with van der Waals surface area (Å²) in [6.07, 6.45) is -0.592. The van der Waals surface area contributed by atoms with E-state index in [2.05, 4.69) is 36.1 Å². The number of alkyl halides is 3. The van der Waals surface area contributed by atoms with Crippen molar-refractivity contribution < 1.29 is 26.4 Å². The number of halogens is 3. The number of amides is 1. The van der Waals surface area contributed by atoms with Crippen molar-refractivity contribution in [2.75, 3.05) is 24.7 Å². The van der Waals surface area contributed by atoms with Gasteiger partial charge < -0.3 is 15.1 Å². The fraction of sp³-hybridized carbons (Fsp3) is 0.484. The molecular weight excluding hydrogens is 565 g/mol. The van der Waals surface area contributed by atoms with Gasteiger partial charge in [-0.15, -0.1) is 0 Å². The first-order chi connectivity index (χ1) is 19.9. The van der Waals surface area contributed by atoms with Gasteiger partial charge in [-0.1, -0.05) is 30.3 Å². The average molecular weight is 603 g/mol. The number of hydrogen-bond acceptors (Lipinski definition) is 6. The lowest BCUT2D eigenvalue weighted by molar-refractivity contribution is -0.136. The molecule has 5 rings (SSSR count). The van der Waals surface area contributed by atoms with Crippen molar-refractivity contribution in [3.63, 3.8) is 0 Å². The summed E-state index contributed by atoms with van der Waals surface area (Å²) in [7, 11) is -1.52. The average Bonchev–Trinajstić information content (AvgIpc) is 3.31. The van der Waals surface area contributed by atoms with Gasteiger partial charge in [0.25, 0.3) is 0 Å². The maximum atomic E-state index is 13.8. The number of carbonyl (C=O) groups is 1. The van der Waals surface area contributed by atoms with Gasteiger partial charge in [0.1, 0.15) is 6.04 Å². The molecule has 226 valence electrons. The third-order valence-electron chi connectivity index (χ3n) is 8.89. The predicted molar refractivity (Wildman–Crippen MR) is 157 cm³/mol. The van der Waals surface area contributed by atoms with Crippen molar-refractivity contribution >= 4 is 32.3 Å². The molecular formula is C31H37F3N4O3S. The zero-order valence-electron chi connectivity index (χ0n) is 24.0. The van der Waals surface area contributed by atoms with Crippen LogP contribution < -0.4 is 5.32 Å². The number of carbonyl (C=O) groups excluding carboxylic acids is 1. The lowest BCUT2D eigenvalue weighted by Crippen LogP contribution is -2.52. The van der Waals surface area contributed by atoms with Crippen molar-refractivity contribution in [2.24, 2.45) is 5.92 Å². The Morgan fingerprint density at radius 2 is 1.79 bits per heavy atom. The lowest BCUT2D eigenvalue weighted by atomic mass is 9.81. The number of sulfone groups is 1. The van der Waals surface area contributed by atoms with Crippen LogP contribution in [0.25, 0.3) is 10.9 Å². The number of benzene rings is 2. The monoisotopic (exact) mass is 602 g/mol. The fourth-order valence-electron chi connectivity index (χ4n) is 6.49. The Balaban J connectivity index is 1.38. The minimum atomic E-state index is -4.55. The first-order valence-electron chi connectivity index (χ1n) is 14.4. The van der Waals surface area contributed by atoms with E-state index in [0.29, 0.717) is 42.9 Å². The van der Waals surface area contributed by atoms with E-state index in [1.807, 2.05) is 0 Å². The number of hydrogen-bond donors (Lipinski definition) is 1.